The van der Waals surface area contributed by atoms with E-state index in [2.05, 4.69) is 46.4 Å². The Morgan fingerprint density at radius 1 is 1.04 bits per heavy atom. The monoisotopic (exact) mass is 325 g/mol. The largest absolute Gasteiger partial charge is 0.481 e. The molecule has 1 fully saturated rings. The Hall–Kier alpha value is -0.570. The van der Waals surface area contributed by atoms with Crippen LogP contribution in [-0.4, -0.2) is 33.6 Å². The lowest BCUT2D eigenvalue weighted by Gasteiger charge is -2.56. The molecule has 3 heteroatoms. The van der Waals surface area contributed by atoms with E-state index in [4.69, 9.17) is 0 Å². The molecule has 1 saturated heterocycles. The van der Waals surface area contributed by atoms with E-state index in [0.717, 1.165) is 38.6 Å². The lowest BCUT2D eigenvalue weighted by atomic mass is 9.68. The minimum absolute atomic E-state index is 0.0829. The summed E-state index contributed by atoms with van der Waals surface area (Å²) < 4.78 is 0. The van der Waals surface area contributed by atoms with Crippen molar-refractivity contribution in [1.29, 1.82) is 0 Å². The molecule has 0 aromatic heterocycles. The van der Waals surface area contributed by atoms with Crippen molar-refractivity contribution < 1.29 is 9.90 Å². The summed E-state index contributed by atoms with van der Waals surface area (Å²) in [5.41, 5.74) is 0.166. The summed E-state index contributed by atoms with van der Waals surface area (Å²) in [7, 11) is 0. The highest BCUT2D eigenvalue weighted by atomic mass is 16.4. The molecular formula is C20H39NO2. The van der Waals surface area contributed by atoms with E-state index >= 15 is 0 Å². The van der Waals surface area contributed by atoms with Gasteiger partial charge in [0.15, 0.2) is 0 Å². The molecule has 1 unspecified atom stereocenters. The third-order valence-electron chi connectivity index (χ3n) is 5.69. The molecule has 1 N–H and O–H groups in total. The molecule has 0 aromatic rings. The van der Waals surface area contributed by atoms with Gasteiger partial charge in [-0.05, 0) is 65.8 Å². The number of unbranched alkanes of at least 4 members (excludes halogenated alkanes) is 3. The van der Waals surface area contributed by atoms with Crippen LogP contribution in [0.5, 0.6) is 0 Å². The lowest BCUT2D eigenvalue weighted by Crippen LogP contribution is -2.61. The van der Waals surface area contributed by atoms with Gasteiger partial charge in [-0.25, -0.2) is 0 Å². The summed E-state index contributed by atoms with van der Waals surface area (Å²) in [6, 6.07) is 0. The van der Waals surface area contributed by atoms with Crippen LogP contribution in [0.1, 0.15) is 92.9 Å². The Morgan fingerprint density at radius 2 is 1.61 bits per heavy atom. The zero-order chi connectivity index (χ0) is 17.7. The number of carboxylic acids is 1. The van der Waals surface area contributed by atoms with Gasteiger partial charge in [-0.1, -0.05) is 39.5 Å². The molecular weight excluding hydrogens is 286 g/mol. The standard InChI is InChI=1S/C20H39NO2/c1-7-9-10-11-12-17(18(22)23)16-14-19(3,4)21(13-8-2)20(5,6)15-16/h16-17H,7-15H2,1-6H3,(H,22,23). The molecule has 136 valence electrons. The normalized spacial score (nSPS) is 22.9. The third kappa shape index (κ3) is 5.48. The van der Waals surface area contributed by atoms with Crippen LogP contribution in [0.15, 0.2) is 0 Å². The highest BCUT2D eigenvalue weighted by molar-refractivity contribution is 5.70. The van der Waals surface area contributed by atoms with Crippen molar-refractivity contribution in [1.82, 2.24) is 4.90 Å². The van der Waals surface area contributed by atoms with Crippen molar-refractivity contribution in [3.63, 3.8) is 0 Å². The van der Waals surface area contributed by atoms with Crippen LogP contribution in [0.2, 0.25) is 0 Å². The molecule has 0 bridgehead atoms. The van der Waals surface area contributed by atoms with Crippen LogP contribution in [0, 0.1) is 11.8 Å². The molecule has 0 amide bonds. The van der Waals surface area contributed by atoms with Crippen molar-refractivity contribution >= 4 is 5.97 Å². The third-order valence-corrected chi connectivity index (χ3v) is 5.69. The Labute approximate surface area is 143 Å². The maximum absolute atomic E-state index is 11.9. The van der Waals surface area contributed by atoms with Crippen LogP contribution < -0.4 is 0 Å². The Bertz CT molecular complexity index is 358. The minimum Gasteiger partial charge on any atom is -0.481 e. The van der Waals surface area contributed by atoms with Crippen molar-refractivity contribution in [3.8, 4) is 0 Å². The van der Waals surface area contributed by atoms with Crippen molar-refractivity contribution in [3.05, 3.63) is 0 Å². The predicted octanol–water partition coefficient (Wildman–Crippen LogP) is 5.34. The topological polar surface area (TPSA) is 40.5 Å². The molecule has 1 aliphatic rings. The molecule has 1 heterocycles. The highest BCUT2D eigenvalue weighted by Gasteiger charge is 2.47. The van der Waals surface area contributed by atoms with Crippen LogP contribution in [0.25, 0.3) is 0 Å². The van der Waals surface area contributed by atoms with Gasteiger partial charge in [0.1, 0.15) is 0 Å². The van der Waals surface area contributed by atoms with Crippen LogP contribution in [0.3, 0.4) is 0 Å². The van der Waals surface area contributed by atoms with Crippen LogP contribution in [-0.2, 0) is 4.79 Å². The maximum Gasteiger partial charge on any atom is 0.306 e. The molecule has 0 spiro atoms. The number of aliphatic carboxylic acids is 1. The molecule has 1 atom stereocenters. The zero-order valence-corrected chi connectivity index (χ0v) is 16.3. The SMILES string of the molecule is CCCCCCC(C(=O)O)C1CC(C)(C)N(CCC)C(C)(C)C1. The number of carboxylic acid groups (broad SMARTS) is 1. The fourth-order valence-corrected chi connectivity index (χ4v) is 4.86. The van der Waals surface area contributed by atoms with E-state index in [9.17, 15) is 9.90 Å². The minimum atomic E-state index is -0.581. The van der Waals surface area contributed by atoms with Gasteiger partial charge >= 0.3 is 5.97 Å². The summed E-state index contributed by atoms with van der Waals surface area (Å²) in [6.45, 7) is 14.7. The molecule has 0 aliphatic carbocycles. The molecule has 0 saturated carbocycles. The average molecular weight is 326 g/mol. The van der Waals surface area contributed by atoms with Crippen molar-refractivity contribution in [2.45, 2.75) is 104 Å². The first-order valence-electron chi connectivity index (χ1n) is 9.66. The number of carbonyl (C=O) groups is 1. The van der Waals surface area contributed by atoms with Gasteiger partial charge in [-0.15, -0.1) is 0 Å². The van der Waals surface area contributed by atoms with E-state index in [1.807, 2.05) is 0 Å². The number of hydrogen-bond acceptors (Lipinski definition) is 2. The maximum atomic E-state index is 11.9. The Kier molecular flexibility index (Phi) is 7.57. The Balaban J connectivity index is 2.83. The lowest BCUT2D eigenvalue weighted by molar-refractivity contribution is -0.148. The number of piperidine rings is 1. The number of hydrogen-bond donors (Lipinski definition) is 1. The number of nitrogens with zero attached hydrogens (tertiary/aromatic N) is 1. The van der Waals surface area contributed by atoms with E-state index in [0.29, 0.717) is 5.92 Å². The highest BCUT2D eigenvalue weighted by Crippen LogP contribution is 2.45. The number of likely N-dealkylation sites (tertiary alicyclic amines) is 1. The molecule has 23 heavy (non-hydrogen) atoms. The van der Waals surface area contributed by atoms with E-state index in [1.54, 1.807) is 0 Å². The predicted molar refractivity (Wildman–Crippen MR) is 97.8 cm³/mol. The second kappa shape index (κ2) is 8.50. The average Bonchev–Trinajstić information content (AvgIpc) is 2.41. The van der Waals surface area contributed by atoms with E-state index in [1.165, 1.54) is 19.3 Å². The smallest absolute Gasteiger partial charge is 0.306 e. The first kappa shape index (κ1) is 20.5. The number of rotatable bonds is 9. The van der Waals surface area contributed by atoms with Gasteiger partial charge in [0, 0.05) is 11.1 Å². The fourth-order valence-electron chi connectivity index (χ4n) is 4.86. The van der Waals surface area contributed by atoms with Gasteiger partial charge in [0.05, 0.1) is 5.92 Å². The summed E-state index contributed by atoms with van der Waals surface area (Å²) in [5, 5.41) is 9.78. The Morgan fingerprint density at radius 3 is 2.04 bits per heavy atom. The van der Waals surface area contributed by atoms with Crippen molar-refractivity contribution in [2.75, 3.05) is 6.54 Å². The van der Waals surface area contributed by atoms with Gasteiger partial charge < -0.3 is 5.11 Å². The summed E-state index contributed by atoms with van der Waals surface area (Å²) in [5.74, 6) is -0.455. The second-order valence-corrected chi connectivity index (χ2v) is 8.74. The van der Waals surface area contributed by atoms with Gasteiger partial charge in [0.25, 0.3) is 0 Å². The van der Waals surface area contributed by atoms with E-state index in [-0.39, 0.29) is 17.0 Å². The van der Waals surface area contributed by atoms with Crippen LogP contribution >= 0.6 is 0 Å². The molecule has 0 aromatic carbocycles. The molecule has 1 rings (SSSR count). The van der Waals surface area contributed by atoms with Crippen molar-refractivity contribution in [2.24, 2.45) is 11.8 Å². The molecule has 3 nitrogen and oxygen atoms in total. The summed E-state index contributed by atoms with van der Waals surface area (Å²) >= 11 is 0. The first-order chi connectivity index (χ1) is 10.7. The first-order valence-corrected chi connectivity index (χ1v) is 9.66. The van der Waals surface area contributed by atoms with Gasteiger partial charge in [0.2, 0.25) is 0 Å². The summed E-state index contributed by atoms with van der Waals surface area (Å²) in [6.07, 6.45) is 8.65. The molecule has 1 aliphatic heterocycles. The zero-order valence-electron chi connectivity index (χ0n) is 16.3. The van der Waals surface area contributed by atoms with Gasteiger partial charge in [-0.3, -0.25) is 9.69 Å². The quantitative estimate of drug-likeness (QED) is 0.582. The van der Waals surface area contributed by atoms with Crippen LogP contribution in [0.4, 0.5) is 0 Å². The van der Waals surface area contributed by atoms with Gasteiger partial charge in [-0.2, -0.15) is 0 Å². The fraction of sp³-hybridized carbons (Fsp3) is 0.950. The van der Waals surface area contributed by atoms with E-state index < -0.39 is 5.97 Å². The second-order valence-electron chi connectivity index (χ2n) is 8.74. The summed E-state index contributed by atoms with van der Waals surface area (Å²) in [4.78, 5) is 14.5. The molecule has 0 radical (unpaired) electrons.